The van der Waals surface area contributed by atoms with Crippen LogP contribution < -0.4 is 5.73 Å². The summed E-state index contributed by atoms with van der Waals surface area (Å²) < 4.78 is 5.47. The van der Waals surface area contributed by atoms with Gasteiger partial charge in [0.15, 0.2) is 0 Å². The van der Waals surface area contributed by atoms with Gasteiger partial charge in [0.2, 0.25) is 5.91 Å². The Morgan fingerprint density at radius 2 is 2.00 bits per heavy atom. The number of nitrogens with two attached hydrogens (primary N) is 1. The lowest BCUT2D eigenvalue weighted by atomic mass is 10.2. The fraction of sp³-hybridized carbons (Fsp3) is 0.571. The van der Waals surface area contributed by atoms with E-state index in [1.54, 1.807) is 6.07 Å². The van der Waals surface area contributed by atoms with Gasteiger partial charge in [0.1, 0.15) is 11.5 Å². The molecule has 1 unspecified atom stereocenters. The van der Waals surface area contributed by atoms with Crippen molar-refractivity contribution < 1.29 is 19.1 Å². The Morgan fingerprint density at radius 1 is 1.33 bits per heavy atom. The molecule has 1 heterocycles. The predicted molar refractivity (Wildman–Crippen MR) is 77.6 cm³/mol. The largest absolute Gasteiger partial charge is 0.481 e. The molecule has 0 spiro atoms. The second-order valence-electron chi connectivity index (χ2n) is 5.28. The van der Waals surface area contributed by atoms with E-state index in [0.717, 1.165) is 5.76 Å². The van der Waals surface area contributed by atoms with Gasteiger partial charge in [-0.1, -0.05) is 0 Å². The van der Waals surface area contributed by atoms with Crippen LogP contribution in [0.3, 0.4) is 0 Å². The Kier molecular flexibility index (Phi) is 6.39. The molecule has 7 heteroatoms. The summed E-state index contributed by atoms with van der Waals surface area (Å²) in [4.78, 5) is 26.4. The number of carboxylic acid groups (broad SMARTS) is 1. The third-order valence-corrected chi connectivity index (χ3v) is 2.98. The average Bonchev–Trinajstić information content (AvgIpc) is 2.78. The Morgan fingerprint density at radius 3 is 2.48 bits per heavy atom. The lowest BCUT2D eigenvalue weighted by molar-refractivity contribution is -0.142. The number of hydrogen-bond donors (Lipinski definition) is 2. The Balaban J connectivity index is 2.75. The van der Waals surface area contributed by atoms with E-state index >= 15 is 0 Å². The minimum Gasteiger partial charge on any atom is -0.481 e. The van der Waals surface area contributed by atoms with Gasteiger partial charge in [0, 0.05) is 13.1 Å². The highest BCUT2D eigenvalue weighted by Gasteiger charge is 2.24. The molecule has 0 aromatic carbocycles. The van der Waals surface area contributed by atoms with Crippen molar-refractivity contribution in [3.8, 4) is 0 Å². The molecule has 0 aliphatic heterocycles. The number of carbonyl (C=O) groups is 2. The van der Waals surface area contributed by atoms with Crippen molar-refractivity contribution in [2.75, 3.05) is 27.2 Å². The van der Waals surface area contributed by atoms with Crippen LogP contribution in [0.15, 0.2) is 16.5 Å². The van der Waals surface area contributed by atoms with E-state index in [4.69, 9.17) is 15.3 Å². The normalized spacial score (nSPS) is 12.4. The van der Waals surface area contributed by atoms with Gasteiger partial charge in [0.05, 0.1) is 19.0 Å². The van der Waals surface area contributed by atoms with E-state index in [1.807, 2.05) is 32.0 Å². The fourth-order valence-corrected chi connectivity index (χ4v) is 1.86. The number of aliphatic carboxylic acids is 1. The summed E-state index contributed by atoms with van der Waals surface area (Å²) in [7, 11) is 3.80. The molecular weight excluding hydrogens is 274 g/mol. The number of likely N-dealkylation sites (N-methyl/N-ethyl adjacent to an activating group) is 1. The molecule has 118 valence electrons. The number of carbonyl (C=O) groups excluding carboxylic acids is 1. The summed E-state index contributed by atoms with van der Waals surface area (Å²) in [6.07, 6.45) is -0.380. The maximum Gasteiger partial charge on any atom is 0.305 e. The van der Waals surface area contributed by atoms with Crippen molar-refractivity contribution in [3.63, 3.8) is 0 Å². The van der Waals surface area contributed by atoms with Crippen LogP contribution in [-0.4, -0.2) is 60.0 Å². The van der Waals surface area contributed by atoms with Gasteiger partial charge in [-0.3, -0.25) is 9.59 Å². The van der Waals surface area contributed by atoms with Crippen molar-refractivity contribution in [2.45, 2.75) is 25.9 Å². The van der Waals surface area contributed by atoms with Gasteiger partial charge in [-0.05, 0) is 33.2 Å². The van der Waals surface area contributed by atoms with Gasteiger partial charge in [0.25, 0.3) is 0 Å². The van der Waals surface area contributed by atoms with Crippen LogP contribution in [0, 0.1) is 6.92 Å². The first-order valence-electron chi connectivity index (χ1n) is 6.75. The monoisotopic (exact) mass is 297 g/mol. The smallest absolute Gasteiger partial charge is 0.305 e. The number of hydrogen-bond acceptors (Lipinski definition) is 5. The van der Waals surface area contributed by atoms with E-state index in [-0.39, 0.29) is 18.9 Å². The summed E-state index contributed by atoms with van der Waals surface area (Å²) >= 11 is 0. The van der Waals surface area contributed by atoms with Crippen molar-refractivity contribution in [2.24, 2.45) is 5.73 Å². The summed E-state index contributed by atoms with van der Waals surface area (Å²) in [5.74, 6) is -0.0486. The predicted octanol–water partition coefficient (Wildman–Crippen LogP) is 0.280. The van der Waals surface area contributed by atoms with Gasteiger partial charge in [-0.25, -0.2) is 0 Å². The summed E-state index contributed by atoms with van der Waals surface area (Å²) in [6.45, 7) is 3.23. The Labute approximate surface area is 124 Å². The number of nitrogens with zero attached hydrogens (tertiary/aromatic N) is 2. The highest BCUT2D eigenvalue weighted by molar-refractivity contribution is 5.85. The highest BCUT2D eigenvalue weighted by Crippen LogP contribution is 2.11. The SMILES string of the molecule is Cc1ccc(CN(CCN(C)C)C(=O)C(N)CC(=O)O)o1. The number of rotatable bonds is 8. The molecule has 0 saturated heterocycles. The lowest BCUT2D eigenvalue weighted by Crippen LogP contribution is -2.46. The Bertz CT molecular complexity index is 484. The molecule has 1 amide bonds. The molecule has 3 N–H and O–H groups in total. The van der Waals surface area contributed by atoms with E-state index in [2.05, 4.69) is 0 Å². The maximum absolute atomic E-state index is 12.3. The van der Waals surface area contributed by atoms with Crippen molar-refractivity contribution >= 4 is 11.9 Å². The van der Waals surface area contributed by atoms with Crippen LogP contribution >= 0.6 is 0 Å². The van der Waals surface area contributed by atoms with Crippen LogP contribution in [0.1, 0.15) is 17.9 Å². The molecule has 1 atom stereocenters. The van der Waals surface area contributed by atoms with E-state index < -0.39 is 12.0 Å². The molecule has 21 heavy (non-hydrogen) atoms. The molecule has 1 rings (SSSR count). The van der Waals surface area contributed by atoms with Gasteiger partial charge in [-0.15, -0.1) is 0 Å². The first-order chi connectivity index (χ1) is 9.79. The molecule has 1 aromatic heterocycles. The van der Waals surface area contributed by atoms with Gasteiger partial charge < -0.3 is 25.1 Å². The fourth-order valence-electron chi connectivity index (χ4n) is 1.86. The second-order valence-corrected chi connectivity index (χ2v) is 5.28. The average molecular weight is 297 g/mol. The van der Waals surface area contributed by atoms with Crippen LogP contribution in [0.25, 0.3) is 0 Å². The van der Waals surface area contributed by atoms with Gasteiger partial charge >= 0.3 is 5.97 Å². The molecule has 7 nitrogen and oxygen atoms in total. The lowest BCUT2D eigenvalue weighted by Gasteiger charge is -2.25. The minimum absolute atomic E-state index is 0.286. The maximum atomic E-state index is 12.3. The van der Waals surface area contributed by atoms with Crippen LogP contribution in [0.2, 0.25) is 0 Å². The molecule has 0 aliphatic carbocycles. The number of amides is 1. The van der Waals surface area contributed by atoms with E-state index in [0.29, 0.717) is 18.8 Å². The quantitative estimate of drug-likeness (QED) is 0.715. The summed E-state index contributed by atoms with van der Waals surface area (Å²) in [5.41, 5.74) is 5.67. The first kappa shape index (κ1) is 17.2. The molecule has 0 aliphatic rings. The zero-order valence-electron chi connectivity index (χ0n) is 12.7. The molecule has 0 radical (unpaired) electrons. The molecular formula is C14H23N3O4. The van der Waals surface area contributed by atoms with Crippen molar-refractivity contribution in [3.05, 3.63) is 23.7 Å². The highest BCUT2D eigenvalue weighted by atomic mass is 16.4. The number of furan rings is 1. The zero-order chi connectivity index (χ0) is 16.0. The zero-order valence-corrected chi connectivity index (χ0v) is 12.7. The van der Waals surface area contributed by atoms with Crippen LogP contribution in [0.5, 0.6) is 0 Å². The summed E-state index contributed by atoms with van der Waals surface area (Å²) in [6, 6.07) is 2.58. The number of carboxylic acids is 1. The molecule has 0 saturated carbocycles. The van der Waals surface area contributed by atoms with Crippen LogP contribution in [0.4, 0.5) is 0 Å². The second kappa shape index (κ2) is 7.80. The molecule has 0 bridgehead atoms. The van der Waals surface area contributed by atoms with Crippen molar-refractivity contribution in [1.82, 2.24) is 9.80 Å². The molecule has 1 aromatic rings. The topological polar surface area (TPSA) is 100 Å². The van der Waals surface area contributed by atoms with Crippen molar-refractivity contribution in [1.29, 1.82) is 0 Å². The Hall–Kier alpha value is -1.86. The first-order valence-corrected chi connectivity index (χ1v) is 6.75. The summed E-state index contributed by atoms with van der Waals surface area (Å²) in [5, 5.41) is 8.75. The van der Waals surface area contributed by atoms with E-state index in [1.165, 1.54) is 4.90 Å². The van der Waals surface area contributed by atoms with Gasteiger partial charge in [-0.2, -0.15) is 0 Å². The van der Waals surface area contributed by atoms with Crippen LogP contribution in [-0.2, 0) is 16.1 Å². The molecule has 0 fully saturated rings. The third kappa shape index (κ3) is 5.97. The number of aryl methyl sites for hydroxylation is 1. The third-order valence-electron chi connectivity index (χ3n) is 2.98. The minimum atomic E-state index is -1.09. The van der Waals surface area contributed by atoms with E-state index in [9.17, 15) is 9.59 Å². The standard InChI is InChI=1S/C14H23N3O4/c1-10-4-5-11(21-10)9-17(7-6-16(2)3)14(20)12(15)8-13(18)19/h4-5,12H,6-9,15H2,1-3H3,(H,18,19).